The van der Waals surface area contributed by atoms with Gasteiger partial charge in [-0.1, -0.05) is 18.5 Å². The first-order chi connectivity index (χ1) is 10.2. The predicted octanol–water partition coefficient (Wildman–Crippen LogP) is 4.27. The molecule has 1 atom stereocenters. The second kappa shape index (κ2) is 6.12. The van der Waals surface area contributed by atoms with Gasteiger partial charge in [-0.15, -0.1) is 0 Å². The molecule has 1 aromatic carbocycles. The molecule has 1 unspecified atom stereocenters. The van der Waals surface area contributed by atoms with Crippen molar-refractivity contribution in [2.75, 3.05) is 13.2 Å². The van der Waals surface area contributed by atoms with Gasteiger partial charge < -0.3 is 14.5 Å². The Bertz CT molecular complexity index is 636. The standard InChI is InChI=1S/C17H20ClNO2/c1-3-5-19-16(13-7-11(2)21-10-13)15-9-14(18)8-12-4-6-20-17(12)15/h7-10,16,19H,3-6H2,1-2H3. The van der Waals surface area contributed by atoms with Crippen LogP contribution < -0.4 is 10.1 Å². The van der Waals surface area contributed by atoms with Crippen LogP contribution in [0.4, 0.5) is 0 Å². The Labute approximate surface area is 130 Å². The summed E-state index contributed by atoms with van der Waals surface area (Å²) < 4.78 is 11.3. The molecule has 0 saturated carbocycles. The number of halogens is 1. The topological polar surface area (TPSA) is 34.4 Å². The Morgan fingerprint density at radius 2 is 2.19 bits per heavy atom. The van der Waals surface area contributed by atoms with Gasteiger partial charge in [0, 0.05) is 22.6 Å². The fourth-order valence-electron chi connectivity index (χ4n) is 2.82. The molecule has 2 heterocycles. The van der Waals surface area contributed by atoms with Crippen molar-refractivity contribution >= 4 is 11.6 Å². The molecule has 0 radical (unpaired) electrons. The molecule has 0 aliphatic carbocycles. The first-order valence-electron chi connectivity index (χ1n) is 7.42. The SMILES string of the molecule is CCCNC(c1coc(C)c1)c1cc(Cl)cc2c1OCC2. The lowest BCUT2D eigenvalue weighted by Gasteiger charge is -2.20. The molecular formula is C17H20ClNO2. The van der Waals surface area contributed by atoms with Gasteiger partial charge in [-0.25, -0.2) is 0 Å². The quantitative estimate of drug-likeness (QED) is 0.896. The number of rotatable bonds is 5. The Kier molecular flexibility index (Phi) is 4.22. The van der Waals surface area contributed by atoms with E-state index < -0.39 is 0 Å². The highest BCUT2D eigenvalue weighted by Crippen LogP contribution is 2.39. The van der Waals surface area contributed by atoms with Crippen molar-refractivity contribution in [2.45, 2.75) is 32.7 Å². The Morgan fingerprint density at radius 3 is 2.90 bits per heavy atom. The number of furan rings is 1. The largest absolute Gasteiger partial charge is 0.493 e. The number of nitrogens with one attached hydrogen (secondary N) is 1. The molecule has 1 aliphatic heterocycles. The van der Waals surface area contributed by atoms with Crippen molar-refractivity contribution in [1.29, 1.82) is 0 Å². The molecule has 3 nitrogen and oxygen atoms in total. The molecule has 3 rings (SSSR count). The Morgan fingerprint density at radius 1 is 1.33 bits per heavy atom. The predicted molar refractivity (Wildman–Crippen MR) is 84.2 cm³/mol. The molecule has 4 heteroatoms. The van der Waals surface area contributed by atoms with Crippen molar-refractivity contribution in [3.8, 4) is 5.75 Å². The van der Waals surface area contributed by atoms with Gasteiger partial charge in [0.2, 0.25) is 0 Å². The van der Waals surface area contributed by atoms with E-state index in [1.165, 1.54) is 5.56 Å². The highest BCUT2D eigenvalue weighted by molar-refractivity contribution is 6.30. The van der Waals surface area contributed by atoms with E-state index in [9.17, 15) is 0 Å². The number of fused-ring (bicyclic) bond motifs is 1. The fraction of sp³-hybridized carbons (Fsp3) is 0.412. The Hall–Kier alpha value is -1.45. The highest BCUT2D eigenvalue weighted by atomic mass is 35.5. The van der Waals surface area contributed by atoms with E-state index in [-0.39, 0.29) is 6.04 Å². The van der Waals surface area contributed by atoms with Crippen LogP contribution in [0.1, 0.15) is 41.8 Å². The normalized spacial score (nSPS) is 14.8. The fourth-order valence-corrected chi connectivity index (χ4v) is 3.07. The van der Waals surface area contributed by atoms with E-state index in [0.717, 1.165) is 53.7 Å². The smallest absolute Gasteiger partial charge is 0.127 e. The number of hydrogen-bond donors (Lipinski definition) is 1. The second-order valence-corrected chi connectivity index (χ2v) is 5.90. The third kappa shape index (κ3) is 2.94. The van der Waals surface area contributed by atoms with Crippen LogP contribution in [0.25, 0.3) is 0 Å². The zero-order chi connectivity index (χ0) is 14.8. The summed E-state index contributed by atoms with van der Waals surface area (Å²) >= 11 is 6.29. The van der Waals surface area contributed by atoms with E-state index in [0.29, 0.717) is 0 Å². The molecule has 0 spiro atoms. The van der Waals surface area contributed by atoms with Crippen molar-refractivity contribution in [3.63, 3.8) is 0 Å². The summed E-state index contributed by atoms with van der Waals surface area (Å²) in [6, 6.07) is 6.12. The van der Waals surface area contributed by atoms with Gasteiger partial charge in [-0.3, -0.25) is 0 Å². The van der Waals surface area contributed by atoms with Crippen LogP contribution in [0.2, 0.25) is 5.02 Å². The molecule has 1 aliphatic rings. The third-order valence-electron chi connectivity index (χ3n) is 3.77. The number of hydrogen-bond acceptors (Lipinski definition) is 3. The lowest BCUT2D eigenvalue weighted by molar-refractivity contribution is 0.350. The minimum atomic E-state index is 0.0490. The van der Waals surface area contributed by atoms with E-state index in [2.05, 4.69) is 18.3 Å². The highest BCUT2D eigenvalue weighted by Gasteiger charge is 2.25. The van der Waals surface area contributed by atoms with E-state index in [1.54, 1.807) is 0 Å². The molecular weight excluding hydrogens is 286 g/mol. The molecule has 1 aromatic heterocycles. The van der Waals surface area contributed by atoms with Crippen LogP contribution in [0, 0.1) is 6.92 Å². The number of aryl methyl sites for hydroxylation is 1. The maximum atomic E-state index is 6.29. The second-order valence-electron chi connectivity index (χ2n) is 5.46. The summed E-state index contributed by atoms with van der Waals surface area (Å²) in [5, 5.41) is 4.34. The van der Waals surface area contributed by atoms with Crippen molar-refractivity contribution in [1.82, 2.24) is 5.32 Å². The van der Waals surface area contributed by atoms with E-state index in [1.807, 2.05) is 25.3 Å². The van der Waals surface area contributed by atoms with Gasteiger partial charge in [0.1, 0.15) is 11.5 Å². The molecule has 112 valence electrons. The summed E-state index contributed by atoms with van der Waals surface area (Å²) in [6.45, 7) is 5.77. The molecule has 0 bridgehead atoms. The molecule has 0 saturated heterocycles. The van der Waals surface area contributed by atoms with Gasteiger partial charge in [0.05, 0.1) is 18.9 Å². The summed E-state index contributed by atoms with van der Waals surface area (Å²) in [5.74, 6) is 1.89. The summed E-state index contributed by atoms with van der Waals surface area (Å²) in [6.07, 6.45) is 3.80. The van der Waals surface area contributed by atoms with Gasteiger partial charge in [-0.05, 0) is 43.7 Å². The molecule has 2 aromatic rings. The minimum Gasteiger partial charge on any atom is -0.493 e. The van der Waals surface area contributed by atoms with Crippen LogP contribution in [-0.4, -0.2) is 13.2 Å². The zero-order valence-electron chi connectivity index (χ0n) is 12.4. The minimum absolute atomic E-state index is 0.0490. The van der Waals surface area contributed by atoms with Gasteiger partial charge in [0.15, 0.2) is 0 Å². The average Bonchev–Trinajstić information content (AvgIpc) is 3.08. The number of ether oxygens (including phenoxy) is 1. The van der Waals surface area contributed by atoms with E-state index in [4.69, 9.17) is 20.8 Å². The zero-order valence-corrected chi connectivity index (χ0v) is 13.2. The first-order valence-corrected chi connectivity index (χ1v) is 7.80. The van der Waals surface area contributed by atoms with Gasteiger partial charge in [-0.2, -0.15) is 0 Å². The van der Waals surface area contributed by atoms with Crippen LogP contribution >= 0.6 is 11.6 Å². The summed E-state index contributed by atoms with van der Waals surface area (Å²) in [5.41, 5.74) is 3.41. The molecule has 0 amide bonds. The summed E-state index contributed by atoms with van der Waals surface area (Å²) in [7, 11) is 0. The van der Waals surface area contributed by atoms with Crippen LogP contribution in [0.15, 0.2) is 28.9 Å². The van der Waals surface area contributed by atoms with Crippen molar-refractivity contribution in [2.24, 2.45) is 0 Å². The monoisotopic (exact) mass is 305 g/mol. The summed E-state index contributed by atoms with van der Waals surface area (Å²) in [4.78, 5) is 0. The lowest BCUT2D eigenvalue weighted by atomic mass is 9.97. The van der Waals surface area contributed by atoms with E-state index >= 15 is 0 Å². The average molecular weight is 306 g/mol. The van der Waals surface area contributed by atoms with Crippen LogP contribution in [0.3, 0.4) is 0 Å². The molecule has 1 N–H and O–H groups in total. The van der Waals surface area contributed by atoms with Gasteiger partial charge in [0.25, 0.3) is 0 Å². The van der Waals surface area contributed by atoms with Crippen LogP contribution in [-0.2, 0) is 6.42 Å². The first kappa shape index (κ1) is 14.5. The van der Waals surface area contributed by atoms with Gasteiger partial charge >= 0.3 is 0 Å². The number of benzene rings is 1. The van der Waals surface area contributed by atoms with Crippen molar-refractivity contribution < 1.29 is 9.15 Å². The molecule has 0 fully saturated rings. The maximum absolute atomic E-state index is 6.29. The third-order valence-corrected chi connectivity index (χ3v) is 3.99. The maximum Gasteiger partial charge on any atom is 0.127 e. The van der Waals surface area contributed by atoms with Crippen LogP contribution in [0.5, 0.6) is 5.75 Å². The lowest BCUT2D eigenvalue weighted by Crippen LogP contribution is -2.23. The Balaban J connectivity index is 2.04. The molecule has 21 heavy (non-hydrogen) atoms. The van der Waals surface area contributed by atoms with Crippen molar-refractivity contribution in [3.05, 3.63) is 51.9 Å².